The van der Waals surface area contributed by atoms with E-state index in [0.717, 1.165) is 6.07 Å². The lowest BCUT2D eigenvalue weighted by molar-refractivity contribution is -0.130. The maximum absolute atomic E-state index is 13.5. The van der Waals surface area contributed by atoms with Crippen LogP contribution in [-0.2, 0) is 9.53 Å². The molecule has 0 heterocycles. The van der Waals surface area contributed by atoms with Gasteiger partial charge in [0.25, 0.3) is 0 Å². The molecule has 0 aliphatic carbocycles. The smallest absolute Gasteiger partial charge is 0.339 e. The summed E-state index contributed by atoms with van der Waals surface area (Å²) in [7, 11) is 1.38. The Labute approximate surface area is 144 Å². The van der Waals surface area contributed by atoms with Crippen molar-refractivity contribution in [2.45, 2.75) is 0 Å². The van der Waals surface area contributed by atoms with Gasteiger partial charge >= 0.3 is 5.97 Å². The zero-order valence-corrected chi connectivity index (χ0v) is 13.4. The summed E-state index contributed by atoms with van der Waals surface area (Å²) in [5, 5.41) is 9.30. The van der Waals surface area contributed by atoms with Crippen LogP contribution in [0.2, 0.25) is 0 Å². The largest absolute Gasteiger partial charge is 0.503 e. The molecule has 2 aromatic rings. The monoisotopic (exact) mass is 342 g/mol. The summed E-state index contributed by atoms with van der Waals surface area (Å²) in [6.45, 7) is 0. The Kier molecular flexibility index (Phi) is 6.23. The highest BCUT2D eigenvalue weighted by atomic mass is 19.1. The summed E-state index contributed by atoms with van der Waals surface area (Å²) >= 11 is 0. The minimum Gasteiger partial charge on any atom is -0.503 e. The van der Waals surface area contributed by atoms with Crippen LogP contribution >= 0.6 is 0 Å². The summed E-state index contributed by atoms with van der Waals surface area (Å²) in [5.41, 5.74) is 1.44. The van der Waals surface area contributed by atoms with E-state index in [1.807, 2.05) is 0 Å². The number of halogens is 2. The Bertz CT molecular complexity index is 852. The summed E-state index contributed by atoms with van der Waals surface area (Å²) < 4.78 is 31.2. The van der Waals surface area contributed by atoms with E-state index in [0.29, 0.717) is 11.1 Å². The Morgan fingerprint density at radius 3 is 2.36 bits per heavy atom. The minimum atomic E-state index is -1.10. The first-order chi connectivity index (χ1) is 12.0. The molecule has 0 saturated carbocycles. The molecule has 0 radical (unpaired) electrons. The van der Waals surface area contributed by atoms with Gasteiger partial charge in [-0.1, -0.05) is 48.6 Å². The first-order valence-corrected chi connectivity index (χ1v) is 7.38. The van der Waals surface area contributed by atoms with E-state index in [1.54, 1.807) is 42.5 Å². The van der Waals surface area contributed by atoms with Crippen molar-refractivity contribution in [1.29, 1.82) is 0 Å². The molecule has 3 nitrogen and oxygen atoms in total. The number of ether oxygens (including phenoxy) is 1. The summed E-state index contributed by atoms with van der Waals surface area (Å²) in [4.78, 5) is 11.4. The van der Waals surface area contributed by atoms with Crippen LogP contribution in [-0.4, -0.2) is 18.2 Å². The molecule has 0 saturated heterocycles. The van der Waals surface area contributed by atoms with Crippen LogP contribution in [0.4, 0.5) is 8.78 Å². The van der Waals surface area contributed by atoms with Gasteiger partial charge < -0.3 is 9.84 Å². The molecule has 25 heavy (non-hydrogen) atoms. The highest BCUT2D eigenvalue weighted by molar-refractivity contribution is 6.16. The van der Waals surface area contributed by atoms with E-state index in [4.69, 9.17) is 4.74 Å². The standard InChI is InChI=1S/C20H16F2O3/c1-25-13-18(20(23)24)17-9-5-4-7-14(17)6-2-3-8-15-10-11-16(21)12-19(15)22/h2-13H,1H3,(H,23,24)/b6-2+,8-3+,18-13+. The normalized spacial score (nSPS) is 12.0. The number of methoxy groups -OCH3 is 1. The van der Waals surface area contributed by atoms with E-state index in [-0.39, 0.29) is 11.1 Å². The lowest BCUT2D eigenvalue weighted by Gasteiger charge is -2.06. The molecule has 0 aromatic heterocycles. The predicted octanol–water partition coefficient (Wildman–Crippen LogP) is 4.76. The van der Waals surface area contributed by atoms with Gasteiger partial charge in [0.05, 0.1) is 13.4 Å². The predicted molar refractivity (Wildman–Crippen MR) is 93.5 cm³/mol. The van der Waals surface area contributed by atoms with E-state index >= 15 is 0 Å². The number of carboxylic acids is 1. The first kappa shape index (κ1) is 18.1. The SMILES string of the molecule is CO/C=C(/C(=O)O)c1ccccc1/C=C/C=C/c1ccc(F)cc1F. The molecule has 0 atom stereocenters. The van der Waals surface area contributed by atoms with Crippen molar-refractivity contribution < 1.29 is 23.4 Å². The Balaban J connectivity index is 2.26. The third-order valence-electron chi connectivity index (χ3n) is 3.34. The van der Waals surface area contributed by atoms with Crippen molar-refractivity contribution in [1.82, 2.24) is 0 Å². The van der Waals surface area contributed by atoms with Crippen LogP contribution in [0.3, 0.4) is 0 Å². The van der Waals surface area contributed by atoms with Crippen LogP contribution in [0.25, 0.3) is 17.7 Å². The number of carbonyl (C=O) groups is 1. The molecule has 0 fully saturated rings. The number of carboxylic acid groups (broad SMARTS) is 1. The van der Waals surface area contributed by atoms with Crippen LogP contribution in [0.5, 0.6) is 0 Å². The summed E-state index contributed by atoms with van der Waals surface area (Å²) in [6.07, 6.45) is 7.59. The zero-order valence-electron chi connectivity index (χ0n) is 13.4. The van der Waals surface area contributed by atoms with Crippen molar-refractivity contribution in [2.24, 2.45) is 0 Å². The number of aliphatic carboxylic acids is 1. The van der Waals surface area contributed by atoms with Crippen molar-refractivity contribution in [3.63, 3.8) is 0 Å². The molecule has 0 bridgehead atoms. The molecular weight excluding hydrogens is 326 g/mol. The number of hydrogen-bond acceptors (Lipinski definition) is 2. The molecule has 5 heteroatoms. The average molecular weight is 342 g/mol. The average Bonchev–Trinajstić information content (AvgIpc) is 2.58. The third kappa shape index (κ3) is 4.88. The Morgan fingerprint density at radius 1 is 1.04 bits per heavy atom. The molecule has 0 unspecified atom stereocenters. The third-order valence-corrected chi connectivity index (χ3v) is 3.34. The number of hydrogen-bond donors (Lipinski definition) is 1. The highest BCUT2D eigenvalue weighted by Gasteiger charge is 2.13. The molecular formula is C20H16F2O3. The fraction of sp³-hybridized carbons (Fsp3) is 0.0500. The minimum absolute atomic E-state index is 0.0244. The van der Waals surface area contributed by atoms with Crippen LogP contribution in [0.15, 0.2) is 60.9 Å². The first-order valence-electron chi connectivity index (χ1n) is 7.38. The Hall–Kier alpha value is -3.21. The van der Waals surface area contributed by atoms with E-state index < -0.39 is 17.6 Å². The van der Waals surface area contributed by atoms with Gasteiger partial charge in [0, 0.05) is 11.6 Å². The van der Waals surface area contributed by atoms with Crippen LogP contribution in [0.1, 0.15) is 16.7 Å². The van der Waals surface area contributed by atoms with Crippen LogP contribution < -0.4 is 0 Å². The molecule has 0 amide bonds. The molecule has 2 rings (SSSR count). The number of rotatable bonds is 6. The maximum atomic E-state index is 13.5. The van der Waals surface area contributed by atoms with Gasteiger partial charge in [-0.15, -0.1) is 0 Å². The summed E-state index contributed by atoms with van der Waals surface area (Å²) in [6, 6.07) is 10.3. The number of benzene rings is 2. The van der Waals surface area contributed by atoms with E-state index in [2.05, 4.69) is 0 Å². The van der Waals surface area contributed by atoms with Gasteiger partial charge in [0.2, 0.25) is 0 Å². The van der Waals surface area contributed by atoms with Crippen molar-refractivity contribution >= 4 is 23.7 Å². The second-order valence-corrected chi connectivity index (χ2v) is 5.04. The van der Waals surface area contributed by atoms with E-state index in [1.165, 1.54) is 31.6 Å². The van der Waals surface area contributed by atoms with Gasteiger partial charge in [-0.05, 0) is 23.3 Å². The van der Waals surface area contributed by atoms with Gasteiger partial charge in [0.1, 0.15) is 17.2 Å². The van der Waals surface area contributed by atoms with Crippen molar-refractivity contribution in [3.05, 3.63) is 89.2 Å². The zero-order chi connectivity index (χ0) is 18.2. The van der Waals surface area contributed by atoms with Crippen molar-refractivity contribution in [2.75, 3.05) is 7.11 Å². The van der Waals surface area contributed by atoms with Gasteiger partial charge in [-0.25, -0.2) is 13.6 Å². The Morgan fingerprint density at radius 2 is 1.72 bits per heavy atom. The van der Waals surface area contributed by atoms with Gasteiger partial charge in [0.15, 0.2) is 0 Å². The lowest BCUT2D eigenvalue weighted by Crippen LogP contribution is -2.02. The van der Waals surface area contributed by atoms with E-state index in [9.17, 15) is 18.7 Å². The second kappa shape index (κ2) is 8.59. The topological polar surface area (TPSA) is 46.5 Å². The number of allylic oxidation sites excluding steroid dienone is 2. The lowest BCUT2D eigenvalue weighted by atomic mass is 10.00. The summed E-state index contributed by atoms with van der Waals surface area (Å²) in [5.74, 6) is -2.39. The molecule has 0 aliphatic rings. The molecule has 1 N–H and O–H groups in total. The quantitative estimate of drug-likeness (QED) is 0.467. The molecule has 0 aliphatic heterocycles. The highest BCUT2D eigenvalue weighted by Crippen LogP contribution is 2.21. The molecule has 0 spiro atoms. The van der Waals surface area contributed by atoms with Crippen molar-refractivity contribution in [3.8, 4) is 0 Å². The fourth-order valence-electron chi connectivity index (χ4n) is 2.19. The maximum Gasteiger partial charge on any atom is 0.339 e. The fourth-order valence-corrected chi connectivity index (χ4v) is 2.19. The molecule has 128 valence electrons. The van der Waals surface area contributed by atoms with Gasteiger partial charge in [-0.2, -0.15) is 0 Å². The van der Waals surface area contributed by atoms with Gasteiger partial charge in [-0.3, -0.25) is 0 Å². The van der Waals surface area contributed by atoms with Crippen LogP contribution in [0, 0.1) is 11.6 Å². The second-order valence-electron chi connectivity index (χ2n) is 5.04. The molecule has 2 aromatic carbocycles.